The van der Waals surface area contributed by atoms with Crippen LogP contribution in [-0.2, 0) is 0 Å². The standard InChI is InChI=1S/C3H6BrN2/c4-3-5-1-2-6-3/h1,3,5-6H,2H2. The molecule has 0 aromatic carbocycles. The lowest BCUT2D eigenvalue weighted by Crippen LogP contribution is -2.22. The van der Waals surface area contributed by atoms with Crippen molar-refractivity contribution in [2.45, 2.75) is 5.08 Å². The summed E-state index contributed by atoms with van der Waals surface area (Å²) in [6.45, 7) is 2.93. The highest BCUT2D eigenvalue weighted by atomic mass is 79.9. The number of hydrogen-bond donors (Lipinski definition) is 2. The average Bonchev–Trinajstić information content (AvgIpc) is 1.86. The molecule has 1 radical (unpaired) electrons. The third-order valence-electron chi connectivity index (χ3n) is 0.663. The molecule has 35 valence electrons. The molecule has 1 unspecified atom stereocenters. The maximum absolute atomic E-state index is 3.28. The van der Waals surface area contributed by atoms with Crippen LogP contribution in [0.25, 0.3) is 0 Å². The van der Waals surface area contributed by atoms with Gasteiger partial charge in [0.25, 0.3) is 0 Å². The molecule has 1 atom stereocenters. The molecule has 0 amide bonds. The molecule has 0 aliphatic carbocycles. The predicted molar refractivity (Wildman–Crippen MR) is 28.2 cm³/mol. The molecular formula is C3H6BrN2. The second-order valence-electron chi connectivity index (χ2n) is 1.14. The van der Waals surface area contributed by atoms with E-state index in [0.29, 0.717) is 5.08 Å². The molecule has 0 aromatic heterocycles. The van der Waals surface area contributed by atoms with Crippen LogP contribution in [0.3, 0.4) is 0 Å². The number of halogens is 1. The van der Waals surface area contributed by atoms with Crippen LogP contribution >= 0.6 is 15.9 Å². The van der Waals surface area contributed by atoms with Gasteiger partial charge in [0.2, 0.25) is 0 Å². The zero-order valence-electron chi connectivity index (χ0n) is 3.24. The van der Waals surface area contributed by atoms with Crippen LogP contribution in [0.4, 0.5) is 0 Å². The van der Waals surface area contributed by atoms with Crippen molar-refractivity contribution < 1.29 is 0 Å². The van der Waals surface area contributed by atoms with Gasteiger partial charge < -0.3 is 0 Å². The van der Waals surface area contributed by atoms with Gasteiger partial charge >= 0.3 is 0 Å². The summed E-state index contributed by atoms with van der Waals surface area (Å²) < 4.78 is 0. The van der Waals surface area contributed by atoms with Crippen LogP contribution < -0.4 is 10.6 Å². The third-order valence-corrected chi connectivity index (χ3v) is 1.25. The summed E-state index contributed by atoms with van der Waals surface area (Å²) in [7, 11) is 0. The Morgan fingerprint density at radius 2 is 2.67 bits per heavy atom. The van der Waals surface area contributed by atoms with Crippen molar-refractivity contribution >= 4 is 15.9 Å². The van der Waals surface area contributed by atoms with Gasteiger partial charge in [0.15, 0.2) is 0 Å². The van der Waals surface area contributed by atoms with E-state index in [1.165, 1.54) is 0 Å². The summed E-state index contributed by atoms with van der Waals surface area (Å²) in [5.41, 5.74) is 0. The van der Waals surface area contributed by atoms with Gasteiger partial charge in [-0.25, -0.2) is 0 Å². The van der Waals surface area contributed by atoms with Gasteiger partial charge in [0.1, 0.15) is 5.08 Å². The van der Waals surface area contributed by atoms with Gasteiger partial charge in [-0.15, -0.1) is 0 Å². The number of hydrogen-bond acceptors (Lipinski definition) is 2. The van der Waals surface area contributed by atoms with Gasteiger partial charge in [-0.3, -0.25) is 10.6 Å². The molecule has 0 saturated carbocycles. The molecule has 0 spiro atoms. The summed E-state index contributed by atoms with van der Waals surface area (Å²) in [6, 6.07) is 0. The Labute approximate surface area is 45.4 Å². The molecule has 2 nitrogen and oxygen atoms in total. The minimum atomic E-state index is 0.303. The molecule has 0 bridgehead atoms. The Balaban J connectivity index is 2.18. The molecule has 1 aliphatic rings. The van der Waals surface area contributed by atoms with Crippen molar-refractivity contribution in [3.05, 3.63) is 6.54 Å². The second kappa shape index (κ2) is 1.91. The molecule has 1 heterocycles. The van der Waals surface area contributed by atoms with E-state index in [1.54, 1.807) is 0 Å². The molecule has 2 N–H and O–H groups in total. The van der Waals surface area contributed by atoms with Crippen LogP contribution in [0.15, 0.2) is 0 Å². The molecule has 0 aromatic rings. The summed E-state index contributed by atoms with van der Waals surface area (Å²) in [5.74, 6) is 0. The molecule has 6 heavy (non-hydrogen) atoms. The first-order valence-corrected chi connectivity index (χ1v) is 2.76. The van der Waals surface area contributed by atoms with Crippen molar-refractivity contribution in [2.75, 3.05) is 6.54 Å². The van der Waals surface area contributed by atoms with Gasteiger partial charge in [-0.1, -0.05) is 15.9 Å². The van der Waals surface area contributed by atoms with Crippen molar-refractivity contribution in [1.29, 1.82) is 0 Å². The van der Waals surface area contributed by atoms with Crippen molar-refractivity contribution in [1.82, 2.24) is 10.6 Å². The monoisotopic (exact) mass is 149 g/mol. The fraction of sp³-hybridized carbons (Fsp3) is 0.667. The lowest BCUT2D eigenvalue weighted by atomic mass is 10.7. The summed E-state index contributed by atoms with van der Waals surface area (Å²) >= 11 is 3.28. The Hall–Kier alpha value is 0.400. The zero-order valence-corrected chi connectivity index (χ0v) is 4.83. The highest BCUT2D eigenvalue weighted by Crippen LogP contribution is 1.94. The Morgan fingerprint density at radius 3 is 2.83 bits per heavy atom. The Kier molecular flexibility index (Phi) is 1.45. The van der Waals surface area contributed by atoms with Crippen LogP contribution in [0.1, 0.15) is 0 Å². The minimum absolute atomic E-state index is 0.303. The van der Waals surface area contributed by atoms with Gasteiger partial charge in [0.05, 0.1) is 0 Å². The highest BCUT2D eigenvalue weighted by molar-refractivity contribution is 9.09. The van der Waals surface area contributed by atoms with E-state index in [-0.39, 0.29) is 0 Å². The molecular weight excluding hydrogens is 144 g/mol. The van der Waals surface area contributed by atoms with Gasteiger partial charge in [-0.2, -0.15) is 0 Å². The molecule has 1 rings (SSSR count). The first-order chi connectivity index (χ1) is 2.89. The molecule has 3 heteroatoms. The highest BCUT2D eigenvalue weighted by Gasteiger charge is 2.06. The summed E-state index contributed by atoms with van der Waals surface area (Å²) in [6.07, 6.45) is 0. The van der Waals surface area contributed by atoms with Gasteiger partial charge in [0, 0.05) is 13.1 Å². The zero-order chi connectivity index (χ0) is 4.41. The van der Waals surface area contributed by atoms with Crippen LogP contribution in [0.2, 0.25) is 0 Å². The van der Waals surface area contributed by atoms with E-state index in [2.05, 4.69) is 26.6 Å². The van der Waals surface area contributed by atoms with E-state index in [9.17, 15) is 0 Å². The second-order valence-corrected chi connectivity index (χ2v) is 2.06. The smallest absolute Gasteiger partial charge is 0.115 e. The van der Waals surface area contributed by atoms with E-state index in [1.807, 2.05) is 6.54 Å². The van der Waals surface area contributed by atoms with Crippen molar-refractivity contribution in [3.8, 4) is 0 Å². The van der Waals surface area contributed by atoms with E-state index < -0.39 is 0 Å². The fourth-order valence-electron chi connectivity index (χ4n) is 0.384. The first-order valence-electron chi connectivity index (χ1n) is 1.85. The van der Waals surface area contributed by atoms with E-state index >= 15 is 0 Å². The lowest BCUT2D eigenvalue weighted by molar-refractivity contribution is 0.767. The Morgan fingerprint density at radius 1 is 1.83 bits per heavy atom. The van der Waals surface area contributed by atoms with Crippen LogP contribution in [0, 0.1) is 6.54 Å². The largest absolute Gasteiger partial charge is 0.291 e. The van der Waals surface area contributed by atoms with Crippen molar-refractivity contribution in [2.24, 2.45) is 0 Å². The normalized spacial score (nSPS) is 25.5. The van der Waals surface area contributed by atoms with Crippen LogP contribution in [-0.4, -0.2) is 11.6 Å². The topological polar surface area (TPSA) is 24.1 Å². The molecule has 1 saturated heterocycles. The fourth-order valence-corrected chi connectivity index (χ4v) is 0.758. The summed E-state index contributed by atoms with van der Waals surface area (Å²) in [5, 5.41) is 6.37. The number of alkyl halides is 1. The maximum Gasteiger partial charge on any atom is 0.115 e. The predicted octanol–water partition coefficient (Wildman–Crippen LogP) is 0.0195. The summed E-state index contributed by atoms with van der Waals surface area (Å²) in [4.78, 5) is 0. The SMILES string of the molecule is BrC1N[CH]CN1. The van der Waals surface area contributed by atoms with Crippen LogP contribution in [0.5, 0.6) is 0 Å². The average molecular weight is 150 g/mol. The van der Waals surface area contributed by atoms with Gasteiger partial charge in [-0.05, 0) is 0 Å². The quantitative estimate of drug-likeness (QED) is 0.375. The minimum Gasteiger partial charge on any atom is -0.291 e. The maximum atomic E-state index is 3.28. The van der Waals surface area contributed by atoms with E-state index in [0.717, 1.165) is 6.54 Å². The Bertz CT molecular complexity index is 42.1. The third kappa shape index (κ3) is 0.929. The van der Waals surface area contributed by atoms with E-state index in [4.69, 9.17) is 0 Å². The number of rotatable bonds is 0. The molecule has 1 fully saturated rings. The lowest BCUT2D eigenvalue weighted by Gasteiger charge is -1.94. The first kappa shape index (κ1) is 4.56. The molecule has 1 aliphatic heterocycles. The number of nitrogens with one attached hydrogen (secondary N) is 2. The van der Waals surface area contributed by atoms with Crippen molar-refractivity contribution in [3.63, 3.8) is 0 Å².